The number of hydrogen-bond acceptors (Lipinski definition) is 5. The second kappa shape index (κ2) is 4.31. The van der Waals surface area contributed by atoms with E-state index in [-0.39, 0.29) is 6.79 Å². The van der Waals surface area contributed by atoms with Crippen LogP contribution in [-0.4, -0.2) is 23.7 Å². The first kappa shape index (κ1) is 11.6. The lowest BCUT2D eigenvalue weighted by Crippen LogP contribution is -2.32. The monoisotopic (exact) mass is 259 g/mol. The number of ether oxygens (including phenoxy) is 2. The first-order valence-electron chi connectivity index (χ1n) is 5.89. The average Bonchev–Trinajstić information content (AvgIpc) is 2.83. The lowest BCUT2D eigenvalue weighted by molar-refractivity contribution is -0.118. The molecule has 3 rings (SSSR count). The lowest BCUT2D eigenvalue weighted by atomic mass is 10.1. The summed E-state index contributed by atoms with van der Waals surface area (Å²) < 4.78 is 10.7. The highest BCUT2D eigenvalue weighted by molar-refractivity contribution is 5.95. The van der Waals surface area contributed by atoms with E-state index in [1.54, 1.807) is 13.1 Å². The van der Waals surface area contributed by atoms with Crippen molar-refractivity contribution in [1.29, 1.82) is 0 Å². The molecule has 1 aromatic heterocycles. The third-order valence-electron chi connectivity index (χ3n) is 3.04. The minimum atomic E-state index is -0.497. The van der Waals surface area contributed by atoms with Crippen molar-refractivity contribution in [3.8, 4) is 11.5 Å². The SMILES string of the molecule is CC(Nc1nccc2cc3c(cc12)OCO3)C(N)=O. The number of fused-ring (bicyclic) bond motifs is 2. The van der Waals surface area contributed by atoms with Crippen molar-refractivity contribution < 1.29 is 14.3 Å². The molecular formula is C13H13N3O3. The van der Waals surface area contributed by atoms with Crippen LogP contribution in [0.15, 0.2) is 24.4 Å². The van der Waals surface area contributed by atoms with Gasteiger partial charge in [-0.25, -0.2) is 4.98 Å². The standard InChI is InChI=1S/C13H13N3O3/c1-7(12(14)17)16-13-9-5-11-10(18-6-19-11)4-8(9)2-3-15-13/h2-5,7H,6H2,1H3,(H2,14,17)(H,15,16). The molecule has 0 spiro atoms. The summed E-state index contributed by atoms with van der Waals surface area (Å²) in [7, 11) is 0. The van der Waals surface area contributed by atoms with E-state index >= 15 is 0 Å². The molecule has 1 aliphatic rings. The van der Waals surface area contributed by atoms with Crippen LogP contribution in [0, 0.1) is 0 Å². The number of nitrogens with zero attached hydrogens (tertiary/aromatic N) is 1. The minimum absolute atomic E-state index is 0.222. The van der Waals surface area contributed by atoms with E-state index < -0.39 is 11.9 Å². The highest BCUT2D eigenvalue weighted by Crippen LogP contribution is 2.37. The molecule has 0 saturated heterocycles. The van der Waals surface area contributed by atoms with Gasteiger partial charge in [-0.15, -0.1) is 0 Å². The Kier molecular flexibility index (Phi) is 2.63. The van der Waals surface area contributed by atoms with Crippen LogP contribution in [0.4, 0.5) is 5.82 Å². The zero-order valence-electron chi connectivity index (χ0n) is 10.3. The third kappa shape index (κ3) is 2.01. The van der Waals surface area contributed by atoms with Gasteiger partial charge in [-0.2, -0.15) is 0 Å². The molecule has 1 atom stereocenters. The van der Waals surface area contributed by atoms with Gasteiger partial charge in [0.15, 0.2) is 11.5 Å². The van der Waals surface area contributed by atoms with E-state index in [1.807, 2.05) is 18.2 Å². The Bertz CT molecular complexity index is 657. The highest BCUT2D eigenvalue weighted by atomic mass is 16.7. The summed E-state index contributed by atoms with van der Waals surface area (Å²) in [5.74, 6) is 1.56. The van der Waals surface area contributed by atoms with E-state index in [9.17, 15) is 4.79 Å². The first-order chi connectivity index (χ1) is 9.15. The molecule has 1 aromatic carbocycles. The van der Waals surface area contributed by atoms with Gasteiger partial charge in [-0.05, 0) is 30.5 Å². The number of primary amides is 1. The summed E-state index contributed by atoms with van der Waals surface area (Å²) in [6, 6.07) is 5.11. The number of amides is 1. The van der Waals surface area contributed by atoms with Crippen molar-refractivity contribution in [1.82, 2.24) is 4.98 Å². The number of aromatic nitrogens is 1. The average molecular weight is 259 g/mol. The second-order valence-electron chi connectivity index (χ2n) is 4.35. The van der Waals surface area contributed by atoms with Gasteiger partial charge >= 0.3 is 0 Å². The number of benzene rings is 1. The van der Waals surface area contributed by atoms with Gasteiger partial charge in [0.2, 0.25) is 12.7 Å². The Balaban J connectivity index is 2.07. The van der Waals surface area contributed by atoms with Crippen LogP contribution in [0.3, 0.4) is 0 Å². The van der Waals surface area contributed by atoms with Crippen molar-refractivity contribution in [3.05, 3.63) is 24.4 Å². The molecule has 6 nitrogen and oxygen atoms in total. The smallest absolute Gasteiger partial charge is 0.239 e. The Morgan fingerprint density at radius 3 is 2.89 bits per heavy atom. The molecule has 98 valence electrons. The van der Waals surface area contributed by atoms with Gasteiger partial charge in [0.1, 0.15) is 11.9 Å². The van der Waals surface area contributed by atoms with Crippen LogP contribution in [0.5, 0.6) is 11.5 Å². The summed E-state index contributed by atoms with van der Waals surface area (Å²) in [4.78, 5) is 15.4. The van der Waals surface area contributed by atoms with Crippen molar-refractivity contribution >= 4 is 22.5 Å². The molecular weight excluding hydrogens is 246 g/mol. The predicted molar refractivity (Wildman–Crippen MR) is 70.1 cm³/mol. The summed E-state index contributed by atoms with van der Waals surface area (Å²) in [6.07, 6.45) is 1.67. The van der Waals surface area contributed by atoms with Gasteiger partial charge < -0.3 is 20.5 Å². The molecule has 0 radical (unpaired) electrons. The number of nitrogens with two attached hydrogens (primary N) is 1. The van der Waals surface area contributed by atoms with Gasteiger partial charge in [0.25, 0.3) is 0 Å². The van der Waals surface area contributed by atoms with Gasteiger partial charge in [-0.1, -0.05) is 0 Å². The fourth-order valence-electron chi connectivity index (χ4n) is 1.95. The highest BCUT2D eigenvalue weighted by Gasteiger charge is 2.17. The molecule has 2 heterocycles. The lowest BCUT2D eigenvalue weighted by Gasteiger charge is -2.13. The number of rotatable bonds is 3. The predicted octanol–water partition coefficient (Wildman–Crippen LogP) is 1.25. The maximum Gasteiger partial charge on any atom is 0.239 e. The van der Waals surface area contributed by atoms with Crippen LogP contribution in [0.1, 0.15) is 6.92 Å². The summed E-state index contributed by atoms with van der Waals surface area (Å²) in [5.41, 5.74) is 5.24. The fraction of sp³-hybridized carbons (Fsp3) is 0.231. The molecule has 3 N–H and O–H groups in total. The van der Waals surface area contributed by atoms with Crippen LogP contribution >= 0.6 is 0 Å². The van der Waals surface area contributed by atoms with Crippen molar-refractivity contribution in [2.24, 2.45) is 5.73 Å². The molecule has 1 aliphatic heterocycles. The summed E-state index contributed by atoms with van der Waals surface area (Å²) >= 11 is 0. The largest absolute Gasteiger partial charge is 0.454 e. The van der Waals surface area contributed by atoms with E-state index in [4.69, 9.17) is 15.2 Å². The number of pyridine rings is 1. The Morgan fingerprint density at radius 2 is 2.16 bits per heavy atom. The molecule has 0 aliphatic carbocycles. The molecule has 2 aromatic rings. The summed E-state index contributed by atoms with van der Waals surface area (Å²) in [5, 5.41) is 4.81. The Hall–Kier alpha value is -2.50. The number of carbonyl (C=O) groups is 1. The second-order valence-corrected chi connectivity index (χ2v) is 4.35. The molecule has 1 unspecified atom stereocenters. The van der Waals surface area contributed by atoms with Gasteiger partial charge in [0.05, 0.1) is 0 Å². The number of nitrogens with one attached hydrogen (secondary N) is 1. The normalized spacial score (nSPS) is 14.4. The molecule has 0 bridgehead atoms. The zero-order valence-corrected chi connectivity index (χ0v) is 10.3. The van der Waals surface area contributed by atoms with E-state index in [2.05, 4.69) is 10.3 Å². The molecule has 0 fully saturated rings. The van der Waals surface area contributed by atoms with Gasteiger partial charge in [0, 0.05) is 11.6 Å². The molecule has 19 heavy (non-hydrogen) atoms. The summed E-state index contributed by atoms with van der Waals surface area (Å²) in [6.45, 7) is 1.91. The maximum absolute atomic E-state index is 11.1. The first-order valence-corrected chi connectivity index (χ1v) is 5.89. The number of hydrogen-bond donors (Lipinski definition) is 2. The molecule has 6 heteroatoms. The quantitative estimate of drug-likeness (QED) is 0.866. The Labute approximate surface area is 109 Å². The zero-order chi connectivity index (χ0) is 13.4. The van der Waals surface area contributed by atoms with Crippen molar-refractivity contribution in [2.45, 2.75) is 13.0 Å². The topological polar surface area (TPSA) is 86.5 Å². The van der Waals surface area contributed by atoms with Gasteiger partial charge in [-0.3, -0.25) is 4.79 Å². The fourth-order valence-corrected chi connectivity index (χ4v) is 1.95. The Morgan fingerprint density at radius 1 is 1.42 bits per heavy atom. The van der Waals surface area contributed by atoms with Crippen molar-refractivity contribution in [3.63, 3.8) is 0 Å². The number of anilines is 1. The minimum Gasteiger partial charge on any atom is -0.454 e. The molecule has 1 amide bonds. The van der Waals surface area contributed by atoms with Crippen LogP contribution in [0.2, 0.25) is 0 Å². The van der Waals surface area contributed by atoms with E-state index in [0.717, 1.165) is 10.8 Å². The van der Waals surface area contributed by atoms with Crippen molar-refractivity contribution in [2.75, 3.05) is 12.1 Å². The van der Waals surface area contributed by atoms with E-state index in [1.165, 1.54) is 0 Å². The van der Waals surface area contributed by atoms with Crippen LogP contribution in [0.25, 0.3) is 10.8 Å². The third-order valence-corrected chi connectivity index (χ3v) is 3.04. The molecule has 0 saturated carbocycles. The van der Waals surface area contributed by atoms with Crippen LogP contribution < -0.4 is 20.5 Å². The van der Waals surface area contributed by atoms with E-state index in [0.29, 0.717) is 17.3 Å². The maximum atomic E-state index is 11.1. The number of carbonyl (C=O) groups excluding carboxylic acids is 1. The van der Waals surface area contributed by atoms with Crippen LogP contribution in [-0.2, 0) is 4.79 Å².